The molecular weight excluding hydrogens is 438 g/mol. The van der Waals surface area contributed by atoms with Crippen molar-refractivity contribution < 1.29 is 14.6 Å². The van der Waals surface area contributed by atoms with E-state index in [2.05, 4.69) is 16.8 Å². The first-order valence-electron chi connectivity index (χ1n) is 11.5. The predicted molar refractivity (Wildman–Crippen MR) is 135 cm³/mol. The number of aromatic hydroxyl groups is 1. The van der Waals surface area contributed by atoms with Gasteiger partial charge < -0.3 is 14.7 Å². The Bertz CT molecular complexity index is 1370. The highest BCUT2D eigenvalue weighted by molar-refractivity contribution is 6.00. The number of aromatic amines is 1. The first kappa shape index (κ1) is 22.5. The Kier molecular flexibility index (Phi) is 5.87. The van der Waals surface area contributed by atoms with Crippen LogP contribution in [0, 0.1) is 13.8 Å². The molecule has 1 aromatic heterocycles. The summed E-state index contributed by atoms with van der Waals surface area (Å²) in [7, 11) is 0. The van der Waals surface area contributed by atoms with Gasteiger partial charge in [-0.3, -0.25) is 9.89 Å². The van der Waals surface area contributed by atoms with E-state index < -0.39 is 0 Å². The van der Waals surface area contributed by atoms with E-state index in [-0.39, 0.29) is 17.7 Å². The monoisotopic (exact) mass is 465 g/mol. The number of nitrogens with zero attached hydrogens (tertiary/aromatic N) is 2. The van der Waals surface area contributed by atoms with Crippen LogP contribution in [0.25, 0.3) is 11.3 Å². The van der Waals surface area contributed by atoms with Crippen molar-refractivity contribution in [3.63, 3.8) is 0 Å². The zero-order valence-corrected chi connectivity index (χ0v) is 19.8. The lowest BCUT2D eigenvalue weighted by molar-refractivity contribution is 0.0764. The molecule has 0 aliphatic carbocycles. The summed E-state index contributed by atoms with van der Waals surface area (Å²) in [4.78, 5) is 15.0. The lowest BCUT2D eigenvalue weighted by Gasteiger charge is -2.25. The van der Waals surface area contributed by atoms with Gasteiger partial charge in [0.2, 0.25) is 0 Å². The smallest absolute Gasteiger partial charge is 0.273 e. The summed E-state index contributed by atoms with van der Waals surface area (Å²) in [5.74, 6) is 0.754. The normalized spacial score (nSPS) is 14.7. The molecule has 0 bridgehead atoms. The average Bonchev–Trinajstić information content (AvgIpc) is 3.38. The molecule has 4 aromatic rings. The first-order chi connectivity index (χ1) is 17.0. The van der Waals surface area contributed by atoms with Crippen molar-refractivity contribution in [2.45, 2.75) is 26.5 Å². The van der Waals surface area contributed by atoms with Gasteiger partial charge in [0.05, 0.1) is 6.04 Å². The molecule has 176 valence electrons. The number of benzene rings is 3. The molecule has 3 aromatic carbocycles. The molecule has 2 N–H and O–H groups in total. The first-order valence-corrected chi connectivity index (χ1v) is 11.5. The van der Waals surface area contributed by atoms with E-state index in [0.717, 1.165) is 33.6 Å². The van der Waals surface area contributed by atoms with E-state index in [1.807, 2.05) is 74.5 Å². The fourth-order valence-electron chi connectivity index (χ4n) is 4.80. The van der Waals surface area contributed by atoms with Gasteiger partial charge in [-0.15, -0.1) is 6.58 Å². The number of carbonyl (C=O) groups is 1. The second kappa shape index (κ2) is 9.14. The zero-order valence-electron chi connectivity index (χ0n) is 19.8. The van der Waals surface area contributed by atoms with Gasteiger partial charge in [-0.2, -0.15) is 5.10 Å². The molecule has 6 heteroatoms. The standard InChI is InChI=1S/C29H27N3O3/c1-4-14-32-28(21-10-12-22(13-11-21)35-17-20-8-6-5-7-9-20)25-26(30-31-27(25)29(32)34)24-19(3)15-18(2)16-23(24)33/h4-13,15-16,28,33H,1,14,17H2,2-3H3,(H,30,31). The maximum Gasteiger partial charge on any atom is 0.273 e. The third-order valence-electron chi connectivity index (χ3n) is 6.33. The van der Waals surface area contributed by atoms with Crippen LogP contribution in [0.3, 0.4) is 0 Å². The molecule has 0 saturated carbocycles. The van der Waals surface area contributed by atoms with Crippen LogP contribution in [0.15, 0.2) is 79.4 Å². The van der Waals surface area contributed by atoms with Crippen LogP contribution in [0.5, 0.6) is 11.5 Å². The Morgan fingerprint density at radius 1 is 1.11 bits per heavy atom. The Morgan fingerprint density at radius 2 is 1.86 bits per heavy atom. The lowest BCUT2D eigenvalue weighted by atomic mass is 9.93. The van der Waals surface area contributed by atoms with Crippen LogP contribution < -0.4 is 4.74 Å². The lowest BCUT2D eigenvalue weighted by Crippen LogP contribution is -2.29. The molecule has 6 nitrogen and oxygen atoms in total. The van der Waals surface area contributed by atoms with Crippen molar-refractivity contribution in [2.75, 3.05) is 6.54 Å². The number of ether oxygens (including phenoxy) is 1. The molecule has 0 saturated heterocycles. The van der Waals surface area contributed by atoms with Gasteiger partial charge in [0.25, 0.3) is 5.91 Å². The number of carbonyl (C=O) groups excluding carboxylic acids is 1. The SMILES string of the molecule is C=CCN1C(=O)c2[nH]nc(-c3c(C)cc(C)cc3O)c2C1c1ccc(OCc2ccccc2)cc1. The molecular formula is C29H27N3O3. The summed E-state index contributed by atoms with van der Waals surface area (Å²) in [6.45, 7) is 8.58. The van der Waals surface area contributed by atoms with Crippen molar-refractivity contribution in [1.29, 1.82) is 0 Å². The van der Waals surface area contributed by atoms with E-state index in [1.54, 1.807) is 17.0 Å². The van der Waals surface area contributed by atoms with Gasteiger partial charge >= 0.3 is 0 Å². The van der Waals surface area contributed by atoms with Crippen molar-refractivity contribution >= 4 is 5.91 Å². The van der Waals surface area contributed by atoms with Crippen LogP contribution in [0.2, 0.25) is 0 Å². The summed E-state index contributed by atoms with van der Waals surface area (Å²) in [6.07, 6.45) is 1.72. The zero-order chi connectivity index (χ0) is 24.5. The largest absolute Gasteiger partial charge is 0.507 e. The minimum absolute atomic E-state index is 0.141. The molecule has 0 radical (unpaired) electrons. The minimum Gasteiger partial charge on any atom is -0.507 e. The summed E-state index contributed by atoms with van der Waals surface area (Å²) >= 11 is 0. The predicted octanol–water partition coefficient (Wildman–Crippen LogP) is 5.71. The van der Waals surface area contributed by atoms with Crippen molar-refractivity contribution in [2.24, 2.45) is 0 Å². The molecule has 2 heterocycles. The van der Waals surface area contributed by atoms with Gasteiger partial charge in [-0.25, -0.2) is 0 Å². The summed E-state index contributed by atoms with van der Waals surface area (Å²) in [6, 6.07) is 21.1. The third kappa shape index (κ3) is 4.08. The number of H-pyrrole nitrogens is 1. The summed E-state index contributed by atoms with van der Waals surface area (Å²) < 4.78 is 5.95. The highest BCUT2D eigenvalue weighted by Crippen LogP contribution is 2.45. The number of phenols is 1. The van der Waals surface area contributed by atoms with E-state index >= 15 is 0 Å². The molecule has 5 rings (SSSR count). The molecule has 1 aliphatic rings. The fraction of sp³-hybridized carbons (Fsp3) is 0.172. The Morgan fingerprint density at radius 3 is 2.54 bits per heavy atom. The van der Waals surface area contributed by atoms with Crippen LogP contribution in [-0.4, -0.2) is 32.7 Å². The second-order valence-electron chi connectivity index (χ2n) is 8.83. The van der Waals surface area contributed by atoms with Crippen LogP contribution in [0.4, 0.5) is 0 Å². The topological polar surface area (TPSA) is 78.5 Å². The number of fused-ring (bicyclic) bond motifs is 1. The van der Waals surface area contributed by atoms with E-state index in [1.165, 1.54) is 0 Å². The van der Waals surface area contributed by atoms with Gasteiger partial charge in [0.1, 0.15) is 29.5 Å². The Hall–Kier alpha value is -4.32. The van der Waals surface area contributed by atoms with Crippen molar-refractivity contribution in [3.05, 3.63) is 113 Å². The highest BCUT2D eigenvalue weighted by atomic mass is 16.5. The van der Waals surface area contributed by atoms with Crippen LogP contribution in [0.1, 0.15) is 44.3 Å². The Labute approximate surface area is 204 Å². The Balaban J connectivity index is 1.52. The van der Waals surface area contributed by atoms with Crippen molar-refractivity contribution in [3.8, 4) is 22.8 Å². The number of phenolic OH excluding ortho intramolecular Hbond substituents is 1. The maximum absolute atomic E-state index is 13.3. The molecule has 1 aliphatic heterocycles. The van der Waals surface area contributed by atoms with Crippen molar-refractivity contribution in [1.82, 2.24) is 15.1 Å². The summed E-state index contributed by atoms with van der Waals surface area (Å²) in [5, 5.41) is 18.2. The van der Waals surface area contributed by atoms with Gasteiger partial charge in [-0.05, 0) is 54.3 Å². The van der Waals surface area contributed by atoms with Gasteiger partial charge in [-0.1, -0.05) is 54.6 Å². The molecule has 35 heavy (non-hydrogen) atoms. The molecule has 1 atom stereocenters. The highest BCUT2D eigenvalue weighted by Gasteiger charge is 2.42. The average molecular weight is 466 g/mol. The maximum atomic E-state index is 13.3. The number of rotatable bonds is 7. The molecule has 0 fully saturated rings. The number of hydrogen-bond acceptors (Lipinski definition) is 4. The van der Waals surface area contributed by atoms with Gasteiger partial charge in [0.15, 0.2) is 0 Å². The number of nitrogens with one attached hydrogen (secondary N) is 1. The number of aryl methyl sites for hydroxylation is 2. The third-order valence-corrected chi connectivity index (χ3v) is 6.33. The van der Waals surface area contributed by atoms with E-state index in [0.29, 0.717) is 30.1 Å². The van der Waals surface area contributed by atoms with Crippen LogP contribution >= 0.6 is 0 Å². The molecule has 1 amide bonds. The number of hydrogen-bond donors (Lipinski definition) is 2. The molecule has 1 unspecified atom stereocenters. The number of amides is 1. The number of aromatic nitrogens is 2. The van der Waals surface area contributed by atoms with E-state index in [9.17, 15) is 9.90 Å². The minimum atomic E-state index is -0.368. The fourth-order valence-corrected chi connectivity index (χ4v) is 4.80. The van der Waals surface area contributed by atoms with E-state index in [4.69, 9.17) is 4.74 Å². The van der Waals surface area contributed by atoms with Gasteiger partial charge in [0, 0.05) is 17.7 Å². The summed E-state index contributed by atoms with van der Waals surface area (Å²) in [5.41, 5.74) is 6.30. The second-order valence-corrected chi connectivity index (χ2v) is 8.83. The molecule has 0 spiro atoms. The quantitative estimate of drug-likeness (QED) is 0.343. The van der Waals surface area contributed by atoms with Crippen LogP contribution in [-0.2, 0) is 6.61 Å².